The fourth-order valence-electron chi connectivity index (χ4n) is 4.19. The number of nitrogens with zero attached hydrogens (tertiary/aromatic N) is 2. The minimum absolute atomic E-state index is 0.0516. The monoisotopic (exact) mass is 357 g/mol. The van der Waals surface area contributed by atoms with Gasteiger partial charge < -0.3 is 9.88 Å². The molecule has 26 heavy (non-hydrogen) atoms. The van der Waals surface area contributed by atoms with Crippen LogP contribution in [0.3, 0.4) is 0 Å². The summed E-state index contributed by atoms with van der Waals surface area (Å²) in [6, 6.07) is 5.95. The van der Waals surface area contributed by atoms with Crippen molar-refractivity contribution in [3.05, 3.63) is 34.2 Å². The Morgan fingerprint density at radius 1 is 1.23 bits per heavy atom. The van der Waals surface area contributed by atoms with Crippen LogP contribution in [0.15, 0.2) is 23.0 Å². The van der Waals surface area contributed by atoms with Crippen molar-refractivity contribution in [2.45, 2.75) is 65.3 Å². The predicted octanol–water partition coefficient (Wildman–Crippen LogP) is 4.34. The molecule has 2 aromatic rings. The number of nitrogens with one attached hydrogen (secondary N) is 1. The molecular weight excluding hydrogens is 326 g/mol. The van der Waals surface area contributed by atoms with Gasteiger partial charge in [-0.1, -0.05) is 39.5 Å². The lowest BCUT2D eigenvalue weighted by Gasteiger charge is -2.25. The van der Waals surface area contributed by atoms with Gasteiger partial charge in [0, 0.05) is 24.7 Å². The summed E-state index contributed by atoms with van der Waals surface area (Å²) in [6.45, 7) is 7.87. The number of benzene rings is 1. The number of hydrogen-bond acceptors (Lipinski definition) is 2. The molecule has 0 bridgehead atoms. The first-order valence-electron chi connectivity index (χ1n) is 10.1. The van der Waals surface area contributed by atoms with Crippen LogP contribution in [-0.2, 0) is 0 Å². The zero-order chi connectivity index (χ0) is 18.7. The Labute approximate surface area is 155 Å². The van der Waals surface area contributed by atoms with Crippen molar-refractivity contribution in [1.82, 2.24) is 14.5 Å². The second kappa shape index (κ2) is 8.11. The maximum Gasteiger partial charge on any atom is 0.326 e. The lowest BCUT2D eigenvalue weighted by Crippen LogP contribution is -2.35. The molecule has 1 aromatic carbocycles. The summed E-state index contributed by atoms with van der Waals surface area (Å²) < 4.78 is 1.89. The molecular formula is C21H31N3O2. The molecule has 1 saturated carbocycles. The average Bonchev–Trinajstić information content (AvgIpc) is 3.28. The van der Waals surface area contributed by atoms with Gasteiger partial charge >= 0.3 is 5.69 Å². The van der Waals surface area contributed by atoms with Crippen LogP contribution in [0.25, 0.3) is 11.0 Å². The molecule has 1 aromatic heterocycles. The van der Waals surface area contributed by atoms with Gasteiger partial charge in [0.25, 0.3) is 5.91 Å². The Bertz CT molecular complexity index is 810. The Morgan fingerprint density at radius 2 is 1.92 bits per heavy atom. The Hall–Kier alpha value is -2.04. The summed E-state index contributed by atoms with van der Waals surface area (Å²) in [5.41, 5.74) is 2.29. The highest BCUT2D eigenvalue weighted by atomic mass is 16.2. The number of hydrogen-bond donors (Lipinski definition) is 1. The molecule has 0 unspecified atom stereocenters. The molecule has 0 radical (unpaired) electrons. The van der Waals surface area contributed by atoms with Crippen LogP contribution in [0, 0.1) is 5.92 Å². The number of fused-ring (bicyclic) bond motifs is 1. The average molecular weight is 357 g/mol. The van der Waals surface area contributed by atoms with Gasteiger partial charge in [-0.15, -0.1) is 0 Å². The minimum atomic E-state index is -0.0547. The molecule has 5 nitrogen and oxygen atoms in total. The van der Waals surface area contributed by atoms with E-state index in [0.717, 1.165) is 43.3 Å². The number of H-pyrrole nitrogens is 1. The highest BCUT2D eigenvalue weighted by Gasteiger charge is 2.23. The van der Waals surface area contributed by atoms with Gasteiger partial charge in [-0.3, -0.25) is 9.36 Å². The van der Waals surface area contributed by atoms with E-state index in [0.29, 0.717) is 24.1 Å². The summed E-state index contributed by atoms with van der Waals surface area (Å²) in [6.07, 6.45) is 6.65. The number of amides is 1. The Morgan fingerprint density at radius 3 is 2.54 bits per heavy atom. The molecule has 0 saturated heterocycles. The fraction of sp³-hybridized carbons (Fsp3) is 0.619. The largest absolute Gasteiger partial charge is 0.339 e. The maximum atomic E-state index is 13.0. The molecule has 1 amide bonds. The Kier molecular flexibility index (Phi) is 5.84. The molecule has 0 aliphatic heterocycles. The summed E-state index contributed by atoms with van der Waals surface area (Å²) in [5, 5.41) is 0. The first-order valence-corrected chi connectivity index (χ1v) is 10.1. The molecule has 1 fully saturated rings. The van der Waals surface area contributed by atoms with Gasteiger partial charge in [-0.2, -0.15) is 0 Å². The summed E-state index contributed by atoms with van der Waals surface area (Å²) in [5.74, 6) is 0.585. The zero-order valence-corrected chi connectivity index (χ0v) is 16.3. The highest BCUT2D eigenvalue weighted by Crippen LogP contribution is 2.30. The van der Waals surface area contributed by atoms with E-state index in [2.05, 4.69) is 18.8 Å². The van der Waals surface area contributed by atoms with Gasteiger partial charge in [-0.25, -0.2) is 4.79 Å². The molecule has 1 aliphatic rings. The molecule has 1 aliphatic carbocycles. The van der Waals surface area contributed by atoms with Crippen LogP contribution in [0.4, 0.5) is 0 Å². The van der Waals surface area contributed by atoms with E-state index < -0.39 is 0 Å². The number of rotatable bonds is 7. The fourth-order valence-corrected chi connectivity index (χ4v) is 4.19. The topological polar surface area (TPSA) is 58.1 Å². The van der Waals surface area contributed by atoms with Crippen molar-refractivity contribution in [1.29, 1.82) is 0 Å². The highest BCUT2D eigenvalue weighted by molar-refractivity contribution is 5.97. The summed E-state index contributed by atoms with van der Waals surface area (Å²) in [7, 11) is 0. The third-order valence-electron chi connectivity index (χ3n) is 5.96. The van der Waals surface area contributed by atoms with E-state index in [1.54, 1.807) is 0 Å². The number of carbonyl (C=O) groups excluding carboxylic acids is 1. The van der Waals surface area contributed by atoms with Crippen LogP contribution >= 0.6 is 0 Å². The second-order valence-corrected chi connectivity index (χ2v) is 7.50. The van der Waals surface area contributed by atoms with Crippen LogP contribution in [0.5, 0.6) is 0 Å². The van der Waals surface area contributed by atoms with Crippen molar-refractivity contribution in [3.8, 4) is 0 Å². The minimum Gasteiger partial charge on any atom is -0.339 e. The van der Waals surface area contributed by atoms with E-state index in [-0.39, 0.29) is 11.6 Å². The smallest absolute Gasteiger partial charge is 0.326 e. The first kappa shape index (κ1) is 18.7. The van der Waals surface area contributed by atoms with Gasteiger partial charge in [-0.05, 0) is 43.9 Å². The third-order valence-corrected chi connectivity index (χ3v) is 5.96. The lowest BCUT2D eigenvalue weighted by molar-refractivity contribution is 0.0735. The van der Waals surface area contributed by atoms with E-state index in [9.17, 15) is 9.59 Å². The van der Waals surface area contributed by atoms with E-state index in [4.69, 9.17) is 0 Å². The third kappa shape index (κ3) is 3.57. The van der Waals surface area contributed by atoms with Crippen molar-refractivity contribution < 1.29 is 4.79 Å². The van der Waals surface area contributed by atoms with Crippen LogP contribution in [0.1, 0.15) is 75.7 Å². The van der Waals surface area contributed by atoms with E-state index in [1.807, 2.05) is 34.6 Å². The normalized spacial score (nSPS) is 15.2. The van der Waals surface area contributed by atoms with Crippen LogP contribution in [0.2, 0.25) is 0 Å². The number of aromatic nitrogens is 2. The summed E-state index contributed by atoms with van der Waals surface area (Å²) in [4.78, 5) is 30.3. The number of imidazole rings is 1. The second-order valence-electron chi connectivity index (χ2n) is 7.50. The zero-order valence-electron chi connectivity index (χ0n) is 16.3. The van der Waals surface area contributed by atoms with Crippen LogP contribution < -0.4 is 5.69 Å². The van der Waals surface area contributed by atoms with Gasteiger partial charge in [0.2, 0.25) is 0 Å². The van der Waals surface area contributed by atoms with Crippen molar-refractivity contribution >= 4 is 16.9 Å². The van der Waals surface area contributed by atoms with Gasteiger partial charge in [0.1, 0.15) is 0 Å². The van der Waals surface area contributed by atoms with Gasteiger partial charge in [0.05, 0.1) is 11.0 Å². The maximum absolute atomic E-state index is 13.0. The molecule has 1 heterocycles. The molecule has 5 heteroatoms. The predicted molar refractivity (Wildman–Crippen MR) is 106 cm³/mol. The summed E-state index contributed by atoms with van der Waals surface area (Å²) >= 11 is 0. The Balaban J connectivity index is 1.88. The molecule has 142 valence electrons. The quantitative estimate of drug-likeness (QED) is 0.801. The molecule has 1 N–H and O–H groups in total. The first-order chi connectivity index (χ1) is 12.6. The van der Waals surface area contributed by atoms with Crippen molar-refractivity contribution in [3.63, 3.8) is 0 Å². The molecule has 3 rings (SSSR count). The SMILES string of the molecule is CCC(CC)CN(CC)C(=O)c1ccc2c(c1)[nH]c(=O)n2C1CCCC1. The number of carbonyl (C=O) groups is 1. The van der Waals surface area contributed by atoms with Crippen molar-refractivity contribution in [2.75, 3.05) is 13.1 Å². The standard InChI is InChI=1S/C21H31N3O2/c1-4-15(5-2)14-23(6-3)20(25)16-11-12-19-18(13-16)22-21(26)24(19)17-9-7-8-10-17/h11-13,15,17H,4-10,14H2,1-3H3,(H,22,26). The van der Waals surface area contributed by atoms with Crippen molar-refractivity contribution in [2.24, 2.45) is 5.92 Å². The molecule has 0 atom stereocenters. The van der Waals surface area contributed by atoms with E-state index in [1.165, 1.54) is 12.8 Å². The lowest BCUT2D eigenvalue weighted by atomic mass is 10.0. The van der Waals surface area contributed by atoms with E-state index >= 15 is 0 Å². The number of aromatic amines is 1. The molecule has 0 spiro atoms. The van der Waals surface area contributed by atoms with Crippen LogP contribution in [-0.4, -0.2) is 33.4 Å². The van der Waals surface area contributed by atoms with Gasteiger partial charge in [0.15, 0.2) is 0 Å².